The van der Waals surface area contributed by atoms with Crippen LogP contribution in [0.25, 0.3) is 0 Å². The van der Waals surface area contributed by atoms with Gasteiger partial charge in [0.2, 0.25) is 0 Å². The minimum atomic E-state index is -0.845. The summed E-state index contributed by atoms with van der Waals surface area (Å²) in [5, 5.41) is 0. The van der Waals surface area contributed by atoms with Gasteiger partial charge in [0.25, 0.3) is 0 Å². The second kappa shape index (κ2) is 8.43. The molecule has 34 heavy (non-hydrogen) atoms. The Balaban J connectivity index is 1.16. The molecule has 188 valence electrons. The Morgan fingerprint density at radius 1 is 1.12 bits per heavy atom. The number of nitrogens with zero attached hydrogens (tertiary/aromatic N) is 1. The normalized spacial score (nSPS) is 44.2. The van der Waals surface area contributed by atoms with Gasteiger partial charge in [-0.3, -0.25) is 19.3 Å². The molecule has 6 aliphatic rings. The van der Waals surface area contributed by atoms with Crippen LogP contribution in [0.4, 0.5) is 0 Å². The molecule has 6 fully saturated rings. The number of ether oxygens (including phenoxy) is 6. The number of morpholine rings is 1. The predicted molar refractivity (Wildman–Crippen MR) is 113 cm³/mol. The van der Waals surface area contributed by atoms with Crippen molar-refractivity contribution in [3.8, 4) is 0 Å². The van der Waals surface area contributed by atoms with Crippen molar-refractivity contribution in [2.75, 3.05) is 32.8 Å². The van der Waals surface area contributed by atoms with Crippen LogP contribution in [-0.4, -0.2) is 97.9 Å². The fraction of sp³-hybridized carbons (Fsp3) is 0.875. The van der Waals surface area contributed by atoms with Gasteiger partial charge in [0.1, 0.15) is 29.6 Å². The van der Waals surface area contributed by atoms with E-state index in [4.69, 9.17) is 28.4 Å². The summed E-state index contributed by atoms with van der Waals surface area (Å²) in [5.41, 5.74) is -0.691. The van der Waals surface area contributed by atoms with Crippen LogP contribution < -0.4 is 0 Å². The third kappa shape index (κ3) is 3.56. The summed E-state index contributed by atoms with van der Waals surface area (Å²) in [4.78, 5) is 40.8. The zero-order valence-corrected chi connectivity index (χ0v) is 19.7. The van der Waals surface area contributed by atoms with E-state index in [9.17, 15) is 14.4 Å². The molecule has 0 saturated carbocycles. The highest BCUT2D eigenvalue weighted by atomic mass is 16.7. The second-order valence-electron chi connectivity index (χ2n) is 10.7. The Kier molecular flexibility index (Phi) is 5.63. The maximum atomic E-state index is 13.5. The Labute approximate surface area is 198 Å². The number of hydrogen-bond donors (Lipinski definition) is 0. The molecule has 0 aliphatic carbocycles. The molecule has 0 amide bonds. The minimum Gasteiger partial charge on any atom is -0.459 e. The number of esters is 3. The maximum Gasteiger partial charge on any atom is 0.320 e. The topological polar surface area (TPSA) is 110 Å². The van der Waals surface area contributed by atoms with E-state index in [1.807, 2.05) is 18.7 Å². The zero-order valence-electron chi connectivity index (χ0n) is 19.7. The van der Waals surface area contributed by atoms with E-state index in [0.29, 0.717) is 32.7 Å². The van der Waals surface area contributed by atoms with E-state index in [1.54, 1.807) is 0 Å². The second-order valence-corrected chi connectivity index (χ2v) is 10.7. The van der Waals surface area contributed by atoms with E-state index < -0.39 is 59.8 Å². The first-order chi connectivity index (χ1) is 16.4. The van der Waals surface area contributed by atoms with Crippen molar-refractivity contribution >= 4 is 17.9 Å². The van der Waals surface area contributed by atoms with Gasteiger partial charge in [-0.25, -0.2) is 0 Å². The Morgan fingerprint density at radius 2 is 1.91 bits per heavy atom. The zero-order chi connectivity index (χ0) is 23.6. The van der Waals surface area contributed by atoms with Crippen molar-refractivity contribution in [3.05, 3.63) is 0 Å². The average molecular weight is 480 g/mol. The van der Waals surface area contributed by atoms with Crippen molar-refractivity contribution < 1.29 is 42.8 Å². The highest BCUT2D eigenvalue weighted by molar-refractivity contribution is 5.87. The van der Waals surface area contributed by atoms with Crippen LogP contribution >= 0.6 is 0 Å². The quantitative estimate of drug-likeness (QED) is 0.377. The van der Waals surface area contributed by atoms with Crippen LogP contribution in [0.3, 0.4) is 0 Å². The Hall–Kier alpha value is -1.75. The van der Waals surface area contributed by atoms with Crippen molar-refractivity contribution in [1.82, 2.24) is 4.90 Å². The third-order valence-electron chi connectivity index (χ3n) is 8.83. The van der Waals surface area contributed by atoms with Crippen LogP contribution in [0.2, 0.25) is 0 Å². The number of fused-ring (bicyclic) bond motifs is 3. The number of rotatable bonds is 7. The maximum absolute atomic E-state index is 13.5. The van der Waals surface area contributed by atoms with E-state index in [1.165, 1.54) is 0 Å². The molecule has 10 atom stereocenters. The molecular formula is C24H33NO9. The molecule has 6 saturated heterocycles. The molecule has 0 aromatic heterocycles. The van der Waals surface area contributed by atoms with E-state index in [0.717, 1.165) is 19.3 Å². The van der Waals surface area contributed by atoms with Crippen molar-refractivity contribution in [3.63, 3.8) is 0 Å². The van der Waals surface area contributed by atoms with Gasteiger partial charge in [-0.2, -0.15) is 0 Å². The summed E-state index contributed by atoms with van der Waals surface area (Å²) in [5.74, 6) is -2.81. The lowest BCUT2D eigenvalue weighted by molar-refractivity contribution is -0.179. The van der Waals surface area contributed by atoms with Gasteiger partial charge < -0.3 is 28.4 Å². The summed E-state index contributed by atoms with van der Waals surface area (Å²) < 4.78 is 34.8. The Bertz CT molecular complexity index is 859. The minimum absolute atomic E-state index is 0.105. The molecule has 6 heterocycles. The van der Waals surface area contributed by atoms with Gasteiger partial charge in [-0.05, 0) is 32.6 Å². The first-order valence-electron chi connectivity index (χ1n) is 12.6. The van der Waals surface area contributed by atoms with Crippen LogP contribution in [-0.2, 0) is 42.8 Å². The van der Waals surface area contributed by atoms with Gasteiger partial charge in [0.15, 0.2) is 12.2 Å². The summed E-state index contributed by atoms with van der Waals surface area (Å²) >= 11 is 0. The lowest BCUT2D eigenvalue weighted by atomic mass is 9.75. The van der Waals surface area contributed by atoms with Crippen molar-refractivity contribution in [2.24, 2.45) is 17.8 Å². The molecule has 0 aromatic carbocycles. The van der Waals surface area contributed by atoms with Crippen LogP contribution in [0.5, 0.6) is 0 Å². The first-order valence-corrected chi connectivity index (χ1v) is 12.6. The van der Waals surface area contributed by atoms with E-state index in [-0.39, 0.29) is 24.7 Å². The van der Waals surface area contributed by atoms with E-state index in [2.05, 4.69) is 0 Å². The van der Waals surface area contributed by atoms with Crippen LogP contribution in [0.1, 0.15) is 39.5 Å². The van der Waals surface area contributed by atoms with Gasteiger partial charge >= 0.3 is 17.9 Å². The van der Waals surface area contributed by atoms with Gasteiger partial charge in [0, 0.05) is 19.0 Å². The molecule has 10 nitrogen and oxygen atoms in total. The van der Waals surface area contributed by atoms with Crippen LogP contribution in [0.15, 0.2) is 0 Å². The van der Waals surface area contributed by atoms with Gasteiger partial charge in [-0.15, -0.1) is 0 Å². The molecule has 4 bridgehead atoms. The van der Waals surface area contributed by atoms with Gasteiger partial charge in [0.05, 0.1) is 32.0 Å². The summed E-state index contributed by atoms with van der Waals surface area (Å²) in [6.07, 6.45) is 1.10. The summed E-state index contributed by atoms with van der Waals surface area (Å²) in [7, 11) is 0. The lowest BCUT2D eigenvalue weighted by Gasteiger charge is -2.39. The third-order valence-corrected chi connectivity index (χ3v) is 8.83. The highest BCUT2D eigenvalue weighted by Crippen LogP contribution is 2.53. The predicted octanol–water partition coefficient (Wildman–Crippen LogP) is 0.449. The molecule has 0 spiro atoms. The van der Waals surface area contributed by atoms with Crippen molar-refractivity contribution in [1.29, 1.82) is 0 Å². The van der Waals surface area contributed by atoms with E-state index >= 15 is 0 Å². The molecule has 10 unspecified atom stereocenters. The molecule has 10 heteroatoms. The first kappa shape index (κ1) is 22.7. The molecule has 6 rings (SSSR count). The smallest absolute Gasteiger partial charge is 0.320 e. The largest absolute Gasteiger partial charge is 0.459 e. The molecule has 0 N–H and O–H groups in total. The number of carbonyl (C=O) groups is 3. The van der Waals surface area contributed by atoms with Gasteiger partial charge in [-0.1, -0.05) is 6.92 Å². The molecular weight excluding hydrogens is 446 g/mol. The van der Waals surface area contributed by atoms with Crippen molar-refractivity contribution in [2.45, 2.75) is 81.8 Å². The summed E-state index contributed by atoms with van der Waals surface area (Å²) in [6, 6.07) is 0. The Morgan fingerprint density at radius 3 is 2.59 bits per heavy atom. The van der Waals surface area contributed by atoms with Crippen LogP contribution in [0, 0.1) is 17.8 Å². The number of carbonyl (C=O) groups excluding carboxylic acids is 3. The average Bonchev–Trinajstić information content (AvgIpc) is 3.62. The lowest BCUT2D eigenvalue weighted by Crippen LogP contribution is -2.51. The number of hydrogen-bond acceptors (Lipinski definition) is 10. The SMILES string of the molecule is CCC(C)(OC(=O)C1C2OC3C(OC(=O)C31)C2OC(=O)CN1CCOCC1)C1CC2CCC1O2. The summed E-state index contributed by atoms with van der Waals surface area (Å²) in [6.45, 7) is 6.54. The molecule has 0 aromatic rings. The fourth-order valence-electron chi connectivity index (χ4n) is 6.86. The molecule has 6 aliphatic heterocycles. The highest BCUT2D eigenvalue weighted by Gasteiger charge is 2.72. The molecule has 0 radical (unpaired) electrons. The standard InChI is InChI=1S/C24H33NO9/c1-3-24(2,13-10-12-4-5-14(13)30-12)34-23(28)17-16-18-21(33-22(16)27)20(19(17)32-18)31-15(26)11-25-6-8-29-9-7-25/h12-14,16-21H,3-11H2,1-2H3. The fourth-order valence-corrected chi connectivity index (χ4v) is 6.86. The monoisotopic (exact) mass is 479 g/mol.